The fourth-order valence-corrected chi connectivity index (χ4v) is 2.35. The van der Waals surface area contributed by atoms with Crippen LogP contribution in [0.5, 0.6) is 0 Å². The molecule has 2 amide bonds. The van der Waals surface area contributed by atoms with Crippen molar-refractivity contribution in [3.63, 3.8) is 0 Å². The van der Waals surface area contributed by atoms with Gasteiger partial charge in [0.15, 0.2) is 0 Å². The summed E-state index contributed by atoms with van der Waals surface area (Å²) >= 11 is 0. The molecule has 1 fully saturated rings. The summed E-state index contributed by atoms with van der Waals surface area (Å²) in [5, 5.41) is 21.7. The Hall–Kier alpha value is -2.45. The number of piperidine rings is 1. The van der Waals surface area contributed by atoms with E-state index >= 15 is 0 Å². The van der Waals surface area contributed by atoms with Crippen LogP contribution >= 0.6 is 0 Å². The zero-order valence-electron chi connectivity index (χ0n) is 12.8. The number of hydrogen-bond acceptors (Lipinski definition) is 6. The van der Waals surface area contributed by atoms with E-state index in [-0.39, 0.29) is 25.9 Å². The number of rotatable bonds is 3. The lowest BCUT2D eigenvalue weighted by Crippen LogP contribution is -2.54. The Balaban J connectivity index is 2.10. The Kier molecular flexibility index (Phi) is 4.97. The average Bonchev–Trinajstić information content (AvgIpc) is 2.55. The molecule has 1 aromatic rings. The first-order chi connectivity index (χ1) is 10.9. The minimum atomic E-state index is -1.31. The van der Waals surface area contributed by atoms with E-state index in [4.69, 9.17) is 10.9 Å². The summed E-state index contributed by atoms with van der Waals surface area (Å²) in [6, 6.07) is 8.71. The molecule has 0 atom stereocenters. The van der Waals surface area contributed by atoms with Gasteiger partial charge in [0.05, 0.1) is 0 Å². The molecular formula is C15H20N4O4. The molecule has 1 saturated heterocycles. The zero-order valence-corrected chi connectivity index (χ0v) is 12.8. The lowest BCUT2D eigenvalue weighted by atomic mass is 10.0. The summed E-state index contributed by atoms with van der Waals surface area (Å²) in [7, 11) is 1.49. The smallest absolute Gasteiger partial charge is 0.285 e. The number of anilines is 1. The molecule has 1 aromatic carbocycles. The zero-order chi connectivity index (χ0) is 17.0. The number of nitrogens with zero attached hydrogens (tertiary/aromatic N) is 3. The lowest BCUT2D eigenvalue weighted by Gasteiger charge is -2.35. The minimum absolute atomic E-state index is 0.188. The van der Waals surface area contributed by atoms with Gasteiger partial charge >= 0.3 is 0 Å². The summed E-state index contributed by atoms with van der Waals surface area (Å²) in [6.45, 7) is 0.375. The van der Waals surface area contributed by atoms with Crippen LogP contribution in [0.1, 0.15) is 12.8 Å². The van der Waals surface area contributed by atoms with Gasteiger partial charge in [-0.25, -0.2) is 0 Å². The third-order valence-electron chi connectivity index (χ3n) is 3.87. The Morgan fingerprint density at radius 3 is 2.35 bits per heavy atom. The van der Waals surface area contributed by atoms with E-state index in [1.165, 1.54) is 16.8 Å². The van der Waals surface area contributed by atoms with Crippen molar-refractivity contribution in [2.24, 2.45) is 10.9 Å². The van der Waals surface area contributed by atoms with Crippen molar-refractivity contribution >= 4 is 23.2 Å². The number of para-hydroxylation sites is 1. The van der Waals surface area contributed by atoms with Gasteiger partial charge in [0, 0.05) is 38.7 Å². The molecule has 1 heterocycles. The van der Waals surface area contributed by atoms with Crippen LogP contribution in [0.25, 0.3) is 0 Å². The van der Waals surface area contributed by atoms with E-state index in [0.717, 1.165) is 0 Å². The van der Waals surface area contributed by atoms with Gasteiger partial charge in [0.2, 0.25) is 5.71 Å². The monoisotopic (exact) mass is 320 g/mol. The van der Waals surface area contributed by atoms with Gasteiger partial charge < -0.3 is 25.8 Å². The average molecular weight is 320 g/mol. The van der Waals surface area contributed by atoms with Crippen LogP contribution in [-0.4, -0.2) is 58.6 Å². The minimum Gasteiger partial charge on any atom is -0.410 e. The number of likely N-dealkylation sites (tertiary alicyclic amines) is 1. The number of aliphatic hydroxyl groups is 1. The van der Waals surface area contributed by atoms with Crippen molar-refractivity contribution < 1.29 is 19.9 Å². The fraction of sp³-hybridized carbons (Fsp3) is 0.400. The predicted molar refractivity (Wildman–Crippen MR) is 84.0 cm³/mol. The first-order valence-corrected chi connectivity index (χ1v) is 7.21. The van der Waals surface area contributed by atoms with Crippen LogP contribution < -0.4 is 10.6 Å². The van der Waals surface area contributed by atoms with E-state index in [9.17, 15) is 14.7 Å². The van der Waals surface area contributed by atoms with Crippen molar-refractivity contribution in [2.75, 3.05) is 25.0 Å². The van der Waals surface area contributed by atoms with Crippen LogP contribution in [0.4, 0.5) is 5.69 Å². The quantitative estimate of drug-likeness (QED) is 0.233. The van der Waals surface area contributed by atoms with Gasteiger partial charge in [0.1, 0.15) is 5.72 Å². The second-order valence-electron chi connectivity index (χ2n) is 5.54. The Morgan fingerprint density at radius 2 is 1.83 bits per heavy atom. The first-order valence-electron chi connectivity index (χ1n) is 7.21. The molecule has 0 spiro atoms. The van der Waals surface area contributed by atoms with E-state index in [1.807, 2.05) is 0 Å². The summed E-state index contributed by atoms with van der Waals surface area (Å²) in [4.78, 5) is 27.4. The highest BCUT2D eigenvalue weighted by molar-refractivity contribution is 6.67. The molecule has 1 aliphatic rings. The maximum atomic E-state index is 12.4. The second kappa shape index (κ2) is 6.76. The maximum Gasteiger partial charge on any atom is 0.285 e. The number of amides is 2. The molecule has 8 heteroatoms. The molecule has 4 N–H and O–H groups in total. The SMILES string of the molecule is CN(C(=O)C(=NO)C(=O)N1CCC(N)(O)CC1)c1ccccc1. The van der Waals surface area contributed by atoms with Crippen LogP contribution in [-0.2, 0) is 9.59 Å². The molecular weight excluding hydrogens is 300 g/mol. The summed E-state index contributed by atoms with van der Waals surface area (Å²) < 4.78 is 0. The Bertz CT molecular complexity index is 605. The van der Waals surface area contributed by atoms with Crippen molar-refractivity contribution in [3.8, 4) is 0 Å². The number of nitrogens with two attached hydrogens (primary N) is 1. The largest absolute Gasteiger partial charge is 0.410 e. The normalized spacial score (nSPS) is 17.7. The maximum absolute atomic E-state index is 12.4. The molecule has 0 saturated carbocycles. The highest BCUT2D eigenvalue weighted by Crippen LogP contribution is 2.18. The third kappa shape index (κ3) is 3.85. The lowest BCUT2D eigenvalue weighted by molar-refractivity contribution is -0.129. The summed E-state index contributed by atoms with van der Waals surface area (Å²) in [6.07, 6.45) is 0.389. The number of carbonyl (C=O) groups excluding carboxylic acids is 2. The number of benzene rings is 1. The van der Waals surface area contributed by atoms with Gasteiger partial charge in [-0.2, -0.15) is 0 Å². The van der Waals surface area contributed by atoms with Crippen molar-refractivity contribution in [3.05, 3.63) is 30.3 Å². The van der Waals surface area contributed by atoms with Gasteiger partial charge in [-0.05, 0) is 12.1 Å². The van der Waals surface area contributed by atoms with E-state index < -0.39 is 23.3 Å². The van der Waals surface area contributed by atoms with Crippen molar-refractivity contribution in [2.45, 2.75) is 18.6 Å². The second-order valence-corrected chi connectivity index (χ2v) is 5.54. The van der Waals surface area contributed by atoms with Gasteiger partial charge in [-0.1, -0.05) is 23.4 Å². The van der Waals surface area contributed by atoms with Crippen LogP contribution in [0.2, 0.25) is 0 Å². The predicted octanol–water partition coefficient (Wildman–Crippen LogP) is -0.251. The van der Waals surface area contributed by atoms with Gasteiger partial charge in [-0.3, -0.25) is 9.59 Å². The number of carbonyl (C=O) groups is 2. The molecule has 2 rings (SSSR count). The molecule has 0 aliphatic carbocycles. The third-order valence-corrected chi connectivity index (χ3v) is 3.87. The molecule has 0 unspecified atom stereocenters. The molecule has 124 valence electrons. The Morgan fingerprint density at radius 1 is 1.26 bits per heavy atom. The fourth-order valence-electron chi connectivity index (χ4n) is 2.35. The van der Waals surface area contributed by atoms with Crippen molar-refractivity contribution in [1.29, 1.82) is 0 Å². The summed E-state index contributed by atoms with van der Waals surface area (Å²) in [5.74, 6) is -1.40. The van der Waals surface area contributed by atoms with Crippen LogP contribution in [0.15, 0.2) is 35.5 Å². The van der Waals surface area contributed by atoms with E-state index in [2.05, 4.69) is 5.16 Å². The molecule has 0 radical (unpaired) electrons. The molecule has 0 aromatic heterocycles. The number of hydrogen-bond donors (Lipinski definition) is 3. The van der Waals surface area contributed by atoms with Crippen molar-refractivity contribution in [1.82, 2.24) is 4.90 Å². The van der Waals surface area contributed by atoms with E-state index in [0.29, 0.717) is 5.69 Å². The van der Waals surface area contributed by atoms with Gasteiger partial charge in [0.25, 0.3) is 11.8 Å². The molecule has 8 nitrogen and oxygen atoms in total. The van der Waals surface area contributed by atoms with E-state index in [1.54, 1.807) is 30.3 Å². The van der Waals surface area contributed by atoms with Crippen LogP contribution in [0, 0.1) is 0 Å². The molecule has 0 bridgehead atoms. The molecule has 1 aliphatic heterocycles. The van der Waals surface area contributed by atoms with Gasteiger partial charge in [-0.15, -0.1) is 0 Å². The topological polar surface area (TPSA) is 119 Å². The van der Waals surface area contributed by atoms with Crippen LogP contribution in [0.3, 0.4) is 0 Å². The first kappa shape index (κ1) is 16.9. The summed E-state index contributed by atoms with van der Waals surface area (Å²) in [5.41, 5.74) is 4.29. The number of oxime groups is 1. The highest BCUT2D eigenvalue weighted by atomic mass is 16.4. The standard InChI is InChI=1S/C15H20N4O4/c1-18(11-5-3-2-4-6-11)13(20)12(17-23)14(21)19-9-7-15(16,22)8-10-19/h2-6,22-23H,7-10,16H2,1H3. The molecule has 23 heavy (non-hydrogen) atoms. The highest BCUT2D eigenvalue weighted by Gasteiger charge is 2.35. The Labute approximate surface area is 133 Å².